The Balaban J connectivity index is 3.75. The summed E-state index contributed by atoms with van der Waals surface area (Å²) in [6.07, 6.45) is 41.9. The van der Waals surface area contributed by atoms with E-state index in [1.807, 2.05) is 0 Å². The summed E-state index contributed by atoms with van der Waals surface area (Å²) in [6.45, 7) is 3.94. The van der Waals surface area contributed by atoms with Crippen molar-refractivity contribution in [2.45, 2.75) is 218 Å². The molecule has 282 valence electrons. The average molecular weight is 678 g/mol. The Morgan fingerprint density at radius 2 is 0.917 bits per heavy atom. The number of carbonyl (C=O) groups excluding carboxylic acids is 1. The first-order valence-corrected chi connectivity index (χ1v) is 20.4. The molecule has 6 heteroatoms. The van der Waals surface area contributed by atoms with Crippen molar-refractivity contribution in [3.63, 3.8) is 0 Å². The highest BCUT2D eigenvalue weighted by Crippen LogP contribution is 2.14. The van der Waals surface area contributed by atoms with Crippen LogP contribution in [0.3, 0.4) is 0 Å². The molecule has 0 aliphatic heterocycles. The fraction of sp³-hybridized carbons (Fsp3) is 0.833. The maximum Gasteiger partial charge on any atom is 0.249 e. The number of amides is 1. The first kappa shape index (κ1) is 46.5. The zero-order chi connectivity index (χ0) is 35.3. The van der Waals surface area contributed by atoms with E-state index in [4.69, 9.17) is 0 Å². The van der Waals surface area contributed by atoms with Crippen molar-refractivity contribution < 1.29 is 25.2 Å². The van der Waals surface area contributed by atoms with Gasteiger partial charge in [-0.25, -0.2) is 0 Å². The SMILES string of the molecule is CCC/C=C/CC/C=C/CCCC(O)C(O)C(CO)NC(=O)C(O)CCCCCCCC/C=C\CCCCCCCCCCCCCC. The minimum absolute atomic E-state index is 0.352. The molecular formula is C42H79NO5. The van der Waals surface area contributed by atoms with Crippen LogP contribution in [0, 0.1) is 0 Å². The molecule has 0 aromatic rings. The molecule has 0 bridgehead atoms. The van der Waals surface area contributed by atoms with Gasteiger partial charge < -0.3 is 25.7 Å². The summed E-state index contributed by atoms with van der Waals surface area (Å²) >= 11 is 0. The van der Waals surface area contributed by atoms with Crippen LogP contribution in [-0.2, 0) is 4.79 Å². The lowest BCUT2D eigenvalue weighted by Gasteiger charge is -2.27. The van der Waals surface area contributed by atoms with Crippen molar-refractivity contribution in [1.82, 2.24) is 5.32 Å². The molecule has 4 atom stereocenters. The smallest absolute Gasteiger partial charge is 0.249 e. The first-order valence-electron chi connectivity index (χ1n) is 20.4. The Bertz CT molecular complexity index is 767. The van der Waals surface area contributed by atoms with E-state index in [1.165, 1.54) is 103 Å². The third kappa shape index (κ3) is 30.6. The molecule has 6 nitrogen and oxygen atoms in total. The fourth-order valence-corrected chi connectivity index (χ4v) is 6.01. The van der Waals surface area contributed by atoms with Crippen LogP contribution in [-0.4, -0.2) is 57.3 Å². The average Bonchev–Trinajstić information content (AvgIpc) is 3.09. The summed E-state index contributed by atoms with van der Waals surface area (Å²) in [7, 11) is 0. The predicted molar refractivity (Wildman–Crippen MR) is 205 cm³/mol. The number of allylic oxidation sites excluding steroid dienone is 6. The molecule has 4 unspecified atom stereocenters. The second kappa shape index (κ2) is 36.8. The summed E-state index contributed by atoms with van der Waals surface area (Å²) in [4.78, 5) is 12.4. The fourth-order valence-electron chi connectivity index (χ4n) is 6.01. The van der Waals surface area contributed by atoms with Gasteiger partial charge in [0.15, 0.2) is 0 Å². The molecule has 0 saturated heterocycles. The quantitative estimate of drug-likeness (QED) is 0.0335. The van der Waals surface area contributed by atoms with Crippen molar-refractivity contribution >= 4 is 5.91 Å². The van der Waals surface area contributed by atoms with Gasteiger partial charge in [0.2, 0.25) is 5.91 Å². The van der Waals surface area contributed by atoms with Gasteiger partial charge in [-0.2, -0.15) is 0 Å². The van der Waals surface area contributed by atoms with Crippen LogP contribution in [0.4, 0.5) is 0 Å². The highest BCUT2D eigenvalue weighted by Gasteiger charge is 2.28. The molecule has 0 aromatic carbocycles. The lowest BCUT2D eigenvalue weighted by atomic mass is 10.00. The Morgan fingerprint density at radius 3 is 1.40 bits per heavy atom. The van der Waals surface area contributed by atoms with Crippen molar-refractivity contribution in [2.24, 2.45) is 0 Å². The van der Waals surface area contributed by atoms with Gasteiger partial charge in [0.1, 0.15) is 12.2 Å². The molecule has 0 aliphatic rings. The van der Waals surface area contributed by atoms with Gasteiger partial charge in [-0.1, -0.05) is 159 Å². The highest BCUT2D eigenvalue weighted by atomic mass is 16.3. The summed E-state index contributed by atoms with van der Waals surface area (Å²) in [5.74, 6) is -0.605. The second-order valence-electron chi connectivity index (χ2n) is 14.0. The molecule has 0 aliphatic carbocycles. The molecule has 5 N–H and O–H groups in total. The van der Waals surface area contributed by atoms with Gasteiger partial charge in [0.05, 0.1) is 18.8 Å². The van der Waals surface area contributed by atoms with Gasteiger partial charge >= 0.3 is 0 Å². The maximum absolute atomic E-state index is 12.4. The van der Waals surface area contributed by atoms with E-state index in [1.54, 1.807) is 0 Å². The van der Waals surface area contributed by atoms with Gasteiger partial charge in [-0.15, -0.1) is 0 Å². The summed E-state index contributed by atoms with van der Waals surface area (Å²) in [5.41, 5.74) is 0. The van der Waals surface area contributed by atoms with Gasteiger partial charge in [0.25, 0.3) is 0 Å². The number of hydrogen-bond donors (Lipinski definition) is 5. The van der Waals surface area contributed by atoms with Crippen LogP contribution in [0.15, 0.2) is 36.5 Å². The molecule has 1 amide bonds. The van der Waals surface area contributed by atoms with Crippen LogP contribution in [0.5, 0.6) is 0 Å². The Hall–Kier alpha value is -1.47. The van der Waals surface area contributed by atoms with Crippen LogP contribution in [0.1, 0.15) is 194 Å². The van der Waals surface area contributed by atoms with E-state index in [0.717, 1.165) is 57.8 Å². The molecule has 0 saturated carbocycles. The third-order valence-electron chi connectivity index (χ3n) is 9.28. The standard InChI is InChI=1S/C42H79NO5/c1-3-5-7-9-11-13-15-16-17-18-19-20-21-22-23-24-25-26-28-30-32-34-36-40(46)42(48)43-38(37-44)41(47)39(45)35-33-31-29-27-14-12-10-8-6-4-2/h8,10,22-23,27,29,38-41,44-47H,3-7,9,11-21,24-26,28,30-37H2,1-2H3,(H,43,48)/b10-8+,23-22-,29-27+. The molecule has 0 rings (SSSR count). The summed E-state index contributed by atoms with van der Waals surface area (Å²) < 4.78 is 0. The Kier molecular flexibility index (Phi) is 35.7. The molecule has 0 heterocycles. The Morgan fingerprint density at radius 1 is 0.500 bits per heavy atom. The van der Waals surface area contributed by atoms with Gasteiger partial charge in [-0.05, 0) is 70.6 Å². The normalized spacial score (nSPS) is 14.7. The minimum atomic E-state index is -1.29. The zero-order valence-corrected chi connectivity index (χ0v) is 31.5. The summed E-state index contributed by atoms with van der Waals surface area (Å²) in [5, 5.41) is 43.4. The second-order valence-corrected chi connectivity index (χ2v) is 14.0. The minimum Gasteiger partial charge on any atom is -0.394 e. The Labute approximate surface area is 297 Å². The van der Waals surface area contributed by atoms with Crippen molar-refractivity contribution in [1.29, 1.82) is 0 Å². The van der Waals surface area contributed by atoms with E-state index < -0.39 is 36.9 Å². The number of nitrogens with one attached hydrogen (secondary N) is 1. The van der Waals surface area contributed by atoms with Crippen molar-refractivity contribution in [3.8, 4) is 0 Å². The lowest BCUT2D eigenvalue weighted by Crippen LogP contribution is -2.53. The number of carbonyl (C=O) groups is 1. The van der Waals surface area contributed by atoms with Crippen LogP contribution in [0.2, 0.25) is 0 Å². The van der Waals surface area contributed by atoms with Crippen LogP contribution >= 0.6 is 0 Å². The number of aliphatic hydroxyl groups is 4. The maximum atomic E-state index is 12.4. The van der Waals surface area contributed by atoms with E-state index in [2.05, 4.69) is 55.6 Å². The topological polar surface area (TPSA) is 110 Å². The third-order valence-corrected chi connectivity index (χ3v) is 9.28. The summed E-state index contributed by atoms with van der Waals surface area (Å²) in [6, 6.07) is -1.01. The zero-order valence-electron chi connectivity index (χ0n) is 31.5. The van der Waals surface area contributed by atoms with Crippen molar-refractivity contribution in [2.75, 3.05) is 6.61 Å². The van der Waals surface area contributed by atoms with Crippen molar-refractivity contribution in [3.05, 3.63) is 36.5 Å². The van der Waals surface area contributed by atoms with E-state index in [9.17, 15) is 25.2 Å². The van der Waals surface area contributed by atoms with Crippen LogP contribution < -0.4 is 5.32 Å². The van der Waals surface area contributed by atoms with E-state index in [-0.39, 0.29) is 0 Å². The van der Waals surface area contributed by atoms with Gasteiger partial charge in [-0.3, -0.25) is 4.79 Å². The largest absolute Gasteiger partial charge is 0.394 e. The first-order chi connectivity index (χ1) is 23.5. The van der Waals surface area contributed by atoms with Crippen LogP contribution in [0.25, 0.3) is 0 Å². The lowest BCUT2D eigenvalue weighted by molar-refractivity contribution is -0.132. The number of rotatable bonds is 36. The number of aliphatic hydroxyl groups excluding tert-OH is 4. The number of unbranched alkanes of at least 4 members (excludes halogenated alkanes) is 21. The number of hydrogen-bond acceptors (Lipinski definition) is 5. The molecule has 0 radical (unpaired) electrons. The molecule has 0 aromatic heterocycles. The monoisotopic (exact) mass is 678 g/mol. The molecule has 0 spiro atoms. The predicted octanol–water partition coefficient (Wildman–Crippen LogP) is 10.2. The van der Waals surface area contributed by atoms with Gasteiger partial charge in [0, 0.05) is 0 Å². The van der Waals surface area contributed by atoms with E-state index >= 15 is 0 Å². The molecule has 0 fully saturated rings. The molecule has 48 heavy (non-hydrogen) atoms. The van der Waals surface area contributed by atoms with E-state index in [0.29, 0.717) is 19.3 Å². The highest BCUT2D eigenvalue weighted by molar-refractivity contribution is 5.80. The molecular weight excluding hydrogens is 598 g/mol.